The molecule has 1 aromatic carbocycles. The number of nitrogens with one attached hydrogen (secondary N) is 1. The fourth-order valence-electron chi connectivity index (χ4n) is 4.20. The van der Waals surface area contributed by atoms with Gasteiger partial charge < -0.3 is 10.3 Å². The summed E-state index contributed by atoms with van der Waals surface area (Å²) >= 11 is 6.27. The van der Waals surface area contributed by atoms with Gasteiger partial charge in [-0.05, 0) is 66.6 Å². The summed E-state index contributed by atoms with van der Waals surface area (Å²) in [6, 6.07) is 12.8. The molecule has 0 radical (unpaired) electrons. The standard InChI is InChI=1S/C24H23ClFN5/c1-30(15-19-10-20(26)2-3-21(19)25)31-9-6-22-24(31)12-18(14-29-22)16-5-8-28-23(11-16)17-4-7-27-13-17/h2-3,5-6,8-12,14,17,27H,4,7,13,15H2,1H3. The van der Waals surface area contributed by atoms with Crippen LogP contribution in [0.15, 0.2) is 61.1 Å². The van der Waals surface area contributed by atoms with Crippen molar-refractivity contribution in [1.82, 2.24) is 20.0 Å². The number of pyridine rings is 2. The first kappa shape index (κ1) is 20.0. The molecule has 158 valence electrons. The molecule has 4 aromatic rings. The average Bonchev–Trinajstić information content (AvgIpc) is 3.46. The molecule has 1 saturated heterocycles. The van der Waals surface area contributed by atoms with Crippen LogP contribution >= 0.6 is 11.6 Å². The molecule has 0 aliphatic carbocycles. The zero-order valence-electron chi connectivity index (χ0n) is 17.2. The summed E-state index contributed by atoms with van der Waals surface area (Å²) in [5, 5.41) is 5.95. The zero-order chi connectivity index (χ0) is 21.4. The molecule has 4 heterocycles. The highest BCUT2D eigenvalue weighted by atomic mass is 35.5. The van der Waals surface area contributed by atoms with E-state index in [0.29, 0.717) is 17.5 Å². The Hall–Kier alpha value is -2.96. The van der Waals surface area contributed by atoms with Crippen molar-refractivity contribution >= 4 is 22.6 Å². The van der Waals surface area contributed by atoms with Crippen LogP contribution in [0.3, 0.4) is 0 Å². The van der Waals surface area contributed by atoms with Crippen LogP contribution in [0.5, 0.6) is 0 Å². The summed E-state index contributed by atoms with van der Waals surface area (Å²) < 4.78 is 15.7. The number of aromatic nitrogens is 3. The predicted molar refractivity (Wildman–Crippen MR) is 122 cm³/mol. The lowest BCUT2D eigenvalue weighted by Crippen LogP contribution is -2.28. The Morgan fingerprint density at radius 1 is 1.16 bits per heavy atom. The Balaban J connectivity index is 1.47. The van der Waals surface area contributed by atoms with Gasteiger partial charge in [0.1, 0.15) is 5.82 Å². The van der Waals surface area contributed by atoms with E-state index in [9.17, 15) is 4.39 Å². The molecular weight excluding hydrogens is 413 g/mol. The van der Waals surface area contributed by atoms with Gasteiger partial charge in [0, 0.05) is 54.4 Å². The van der Waals surface area contributed by atoms with E-state index in [1.165, 1.54) is 12.1 Å². The van der Waals surface area contributed by atoms with Crippen molar-refractivity contribution in [1.29, 1.82) is 0 Å². The highest BCUT2D eigenvalue weighted by Gasteiger charge is 2.18. The van der Waals surface area contributed by atoms with Crippen molar-refractivity contribution < 1.29 is 4.39 Å². The van der Waals surface area contributed by atoms with Crippen LogP contribution in [-0.2, 0) is 6.54 Å². The minimum Gasteiger partial charge on any atom is -0.316 e. The summed E-state index contributed by atoms with van der Waals surface area (Å²) in [6.45, 7) is 2.49. The molecule has 1 N–H and O–H groups in total. The monoisotopic (exact) mass is 435 g/mol. The van der Waals surface area contributed by atoms with Gasteiger partial charge in [-0.3, -0.25) is 14.6 Å². The highest BCUT2D eigenvalue weighted by Crippen LogP contribution is 2.28. The second-order valence-electron chi connectivity index (χ2n) is 8.00. The molecular formula is C24H23ClFN5. The minimum absolute atomic E-state index is 0.292. The quantitative estimate of drug-likeness (QED) is 0.492. The summed E-state index contributed by atoms with van der Waals surface area (Å²) in [5.41, 5.74) is 5.88. The van der Waals surface area contributed by atoms with Crippen molar-refractivity contribution in [2.24, 2.45) is 0 Å². The van der Waals surface area contributed by atoms with Crippen molar-refractivity contribution in [2.75, 3.05) is 25.1 Å². The summed E-state index contributed by atoms with van der Waals surface area (Å²) in [6.07, 6.45) is 6.87. The van der Waals surface area contributed by atoms with Crippen molar-refractivity contribution in [3.63, 3.8) is 0 Å². The first-order valence-corrected chi connectivity index (χ1v) is 10.8. The third kappa shape index (κ3) is 4.01. The second-order valence-corrected chi connectivity index (χ2v) is 8.41. The Morgan fingerprint density at radius 3 is 2.90 bits per heavy atom. The molecule has 1 aliphatic rings. The Bertz CT molecular complexity index is 1230. The molecule has 7 heteroatoms. The predicted octanol–water partition coefficient (Wildman–Crippen LogP) is 4.74. The largest absolute Gasteiger partial charge is 0.316 e. The molecule has 1 fully saturated rings. The molecule has 0 saturated carbocycles. The maximum Gasteiger partial charge on any atom is 0.123 e. The van der Waals surface area contributed by atoms with E-state index in [1.54, 1.807) is 6.07 Å². The third-order valence-electron chi connectivity index (χ3n) is 5.89. The van der Waals surface area contributed by atoms with Gasteiger partial charge in [0.2, 0.25) is 0 Å². The van der Waals surface area contributed by atoms with Crippen LogP contribution in [-0.4, -0.2) is 34.8 Å². The van der Waals surface area contributed by atoms with Crippen molar-refractivity contribution in [3.05, 3.63) is 83.2 Å². The van der Waals surface area contributed by atoms with Crippen LogP contribution in [0.2, 0.25) is 5.02 Å². The maximum atomic E-state index is 13.7. The van der Waals surface area contributed by atoms with Crippen molar-refractivity contribution in [3.8, 4) is 11.1 Å². The molecule has 5 rings (SSSR count). The summed E-state index contributed by atoms with van der Waals surface area (Å²) in [4.78, 5) is 9.25. The Kier molecular flexibility index (Phi) is 5.34. The van der Waals surface area contributed by atoms with Gasteiger partial charge in [-0.15, -0.1) is 0 Å². The van der Waals surface area contributed by atoms with Crippen LogP contribution in [0.1, 0.15) is 23.6 Å². The van der Waals surface area contributed by atoms with Gasteiger partial charge in [-0.2, -0.15) is 0 Å². The number of benzene rings is 1. The van der Waals surface area contributed by atoms with E-state index in [0.717, 1.165) is 52.9 Å². The zero-order valence-corrected chi connectivity index (χ0v) is 18.0. The summed E-state index contributed by atoms with van der Waals surface area (Å²) in [7, 11) is 1.95. The lowest BCUT2D eigenvalue weighted by Gasteiger charge is -2.22. The van der Waals surface area contributed by atoms with E-state index < -0.39 is 0 Å². The molecule has 0 bridgehead atoms. The van der Waals surface area contributed by atoms with Gasteiger partial charge in [-0.1, -0.05) is 11.6 Å². The lowest BCUT2D eigenvalue weighted by molar-refractivity contribution is 0.619. The fourth-order valence-corrected chi connectivity index (χ4v) is 4.38. The lowest BCUT2D eigenvalue weighted by atomic mass is 10.0. The first-order valence-electron chi connectivity index (χ1n) is 10.4. The molecule has 0 spiro atoms. The van der Waals surface area contributed by atoms with Gasteiger partial charge in [-0.25, -0.2) is 4.39 Å². The number of hydrogen-bond donors (Lipinski definition) is 1. The highest BCUT2D eigenvalue weighted by molar-refractivity contribution is 6.31. The van der Waals surface area contributed by atoms with E-state index >= 15 is 0 Å². The van der Waals surface area contributed by atoms with Gasteiger partial charge in [0.25, 0.3) is 0 Å². The maximum absolute atomic E-state index is 13.7. The minimum atomic E-state index is -0.292. The first-order chi connectivity index (χ1) is 15.1. The van der Waals surface area contributed by atoms with Crippen molar-refractivity contribution in [2.45, 2.75) is 18.9 Å². The second kappa shape index (κ2) is 8.29. The third-order valence-corrected chi connectivity index (χ3v) is 6.25. The van der Waals surface area contributed by atoms with Crippen LogP contribution in [0.4, 0.5) is 4.39 Å². The van der Waals surface area contributed by atoms with Crippen LogP contribution in [0.25, 0.3) is 22.2 Å². The number of fused-ring (bicyclic) bond motifs is 1. The molecule has 1 aliphatic heterocycles. The Morgan fingerprint density at radius 2 is 2.06 bits per heavy atom. The molecule has 1 unspecified atom stereocenters. The topological polar surface area (TPSA) is 46.0 Å². The van der Waals surface area contributed by atoms with Gasteiger partial charge in [0.05, 0.1) is 17.6 Å². The normalized spacial score (nSPS) is 16.2. The van der Waals surface area contributed by atoms with Crippen LogP contribution < -0.4 is 10.3 Å². The smallest absolute Gasteiger partial charge is 0.123 e. The molecule has 3 aromatic heterocycles. The summed E-state index contributed by atoms with van der Waals surface area (Å²) in [5.74, 6) is 0.169. The van der Waals surface area contributed by atoms with Gasteiger partial charge >= 0.3 is 0 Å². The fraction of sp³-hybridized carbons (Fsp3) is 0.250. The molecule has 5 nitrogen and oxygen atoms in total. The average molecular weight is 436 g/mol. The van der Waals surface area contributed by atoms with Crippen LogP contribution in [0, 0.1) is 5.82 Å². The molecule has 1 atom stereocenters. The number of halogens is 2. The number of rotatable bonds is 5. The van der Waals surface area contributed by atoms with E-state index in [2.05, 4.69) is 27.4 Å². The number of hydrogen-bond acceptors (Lipinski definition) is 4. The van der Waals surface area contributed by atoms with E-state index in [4.69, 9.17) is 11.6 Å². The van der Waals surface area contributed by atoms with E-state index in [-0.39, 0.29) is 5.82 Å². The Labute approximate surface area is 185 Å². The molecule has 0 amide bonds. The SMILES string of the molecule is CN(Cc1cc(F)ccc1Cl)n1ccc2ncc(-c3ccnc(C4CCNC4)c3)cc21. The van der Waals surface area contributed by atoms with Gasteiger partial charge in [0.15, 0.2) is 0 Å². The number of nitrogens with zero attached hydrogens (tertiary/aromatic N) is 4. The van der Waals surface area contributed by atoms with E-state index in [1.807, 2.05) is 47.5 Å². The molecule has 31 heavy (non-hydrogen) atoms.